The lowest BCUT2D eigenvalue weighted by Gasteiger charge is -2.29. The number of carboxylic acid groups (broad SMARTS) is 1. The van der Waals surface area contributed by atoms with Crippen LogP contribution in [0.15, 0.2) is 12.1 Å². The molecule has 3 aromatic rings. The number of benzene rings is 1. The minimum absolute atomic E-state index is 0.612. The van der Waals surface area contributed by atoms with Gasteiger partial charge in [0.25, 0.3) is 0 Å². The zero-order valence-electron chi connectivity index (χ0n) is 19.7. The normalized spacial score (nSPS) is 14.6. The van der Waals surface area contributed by atoms with Crippen molar-refractivity contribution >= 4 is 33.2 Å². The van der Waals surface area contributed by atoms with Gasteiger partial charge in [0, 0.05) is 33.6 Å². The van der Waals surface area contributed by atoms with Crippen molar-refractivity contribution in [2.45, 2.75) is 60.2 Å². The van der Waals surface area contributed by atoms with Crippen molar-refractivity contribution in [3.63, 3.8) is 0 Å². The topological polar surface area (TPSA) is 80.7 Å². The molecular formula is C25H30N2O4S. The quantitative estimate of drug-likeness (QED) is 0.508. The molecule has 1 atom stereocenters. The highest BCUT2D eigenvalue weighted by Crippen LogP contribution is 2.46. The van der Waals surface area contributed by atoms with Crippen LogP contribution in [0.2, 0.25) is 0 Å². The number of nitrogens with one attached hydrogen (secondary N) is 1. The fraction of sp³-hybridized carbons (Fsp3) is 0.440. The molecule has 2 N–H and O–H groups in total. The number of aromatic nitrogens is 1. The van der Waals surface area contributed by atoms with E-state index in [1.165, 1.54) is 4.88 Å². The average Bonchev–Trinajstić information content (AvgIpc) is 2.99. The number of ether oxygens (including phenoxy) is 2. The van der Waals surface area contributed by atoms with Crippen LogP contribution in [0.5, 0.6) is 5.75 Å². The Kier molecular flexibility index (Phi) is 5.67. The van der Waals surface area contributed by atoms with Crippen molar-refractivity contribution in [1.82, 2.24) is 4.98 Å². The molecule has 4 rings (SSSR count). The highest BCUT2D eigenvalue weighted by molar-refractivity contribution is 7.18. The summed E-state index contributed by atoms with van der Waals surface area (Å²) in [4.78, 5) is 19.4. The summed E-state index contributed by atoms with van der Waals surface area (Å²) in [5, 5.41) is 14.7. The van der Waals surface area contributed by atoms with Gasteiger partial charge in [0.05, 0.1) is 11.3 Å². The third kappa shape index (κ3) is 3.84. The fourth-order valence-corrected chi connectivity index (χ4v) is 5.42. The second-order valence-corrected chi connectivity index (χ2v) is 10.5. The van der Waals surface area contributed by atoms with E-state index < -0.39 is 17.7 Å². The van der Waals surface area contributed by atoms with Gasteiger partial charge in [0.15, 0.2) is 6.10 Å². The van der Waals surface area contributed by atoms with Crippen LogP contribution >= 0.6 is 11.3 Å². The molecular weight excluding hydrogens is 424 g/mol. The molecule has 0 bridgehead atoms. The van der Waals surface area contributed by atoms with E-state index in [0.29, 0.717) is 17.9 Å². The number of thiophene rings is 1. The number of fused-ring (bicyclic) bond motifs is 2. The number of aryl methyl sites for hydroxylation is 3. The number of carbonyl (C=O) groups is 1. The minimum Gasteiger partial charge on any atom is -0.490 e. The Morgan fingerprint density at radius 3 is 2.59 bits per heavy atom. The second kappa shape index (κ2) is 8.05. The average molecular weight is 455 g/mol. The molecule has 7 heteroatoms. The molecule has 0 amide bonds. The van der Waals surface area contributed by atoms with Crippen LogP contribution in [0.25, 0.3) is 21.3 Å². The predicted molar refractivity (Wildman–Crippen MR) is 129 cm³/mol. The lowest BCUT2D eigenvalue weighted by molar-refractivity contribution is -0.160. The summed E-state index contributed by atoms with van der Waals surface area (Å²) in [6, 6.07) is 3.99. The number of hydrogen-bond acceptors (Lipinski definition) is 6. The molecule has 0 fully saturated rings. The Morgan fingerprint density at radius 2 is 1.94 bits per heavy atom. The number of hydrogen-bond donors (Lipinski definition) is 2. The fourth-order valence-electron chi connectivity index (χ4n) is 4.33. The summed E-state index contributed by atoms with van der Waals surface area (Å²) < 4.78 is 11.9. The molecule has 0 saturated carbocycles. The number of rotatable bonds is 4. The van der Waals surface area contributed by atoms with Gasteiger partial charge in [-0.1, -0.05) is 6.07 Å². The van der Waals surface area contributed by atoms with Crippen LogP contribution in [0.4, 0.5) is 5.69 Å². The maximum Gasteiger partial charge on any atom is 0.337 e. The first-order chi connectivity index (χ1) is 15.0. The molecule has 0 aliphatic carbocycles. The molecule has 0 unspecified atom stereocenters. The summed E-state index contributed by atoms with van der Waals surface area (Å²) in [7, 11) is 0. The second-order valence-electron chi connectivity index (χ2n) is 9.28. The van der Waals surface area contributed by atoms with E-state index in [4.69, 9.17) is 14.5 Å². The van der Waals surface area contributed by atoms with Crippen LogP contribution in [-0.4, -0.2) is 34.8 Å². The highest BCUT2D eigenvalue weighted by Gasteiger charge is 2.34. The molecule has 1 aromatic carbocycles. The molecule has 3 heterocycles. The van der Waals surface area contributed by atoms with E-state index in [1.54, 1.807) is 11.3 Å². The van der Waals surface area contributed by atoms with E-state index >= 15 is 0 Å². The molecule has 6 nitrogen and oxygen atoms in total. The first kappa shape index (κ1) is 22.6. The van der Waals surface area contributed by atoms with Gasteiger partial charge in [-0.15, -0.1) is 11.3 Å². The van der Waals surface area contributed by atoms with Gasteiger partial charge >= 0.3 is 5.97 Å². The number of pyridine rings is 1. The van der Waals surface area contributed by atoms with Crippen molar-refractivity contribution in [3.8, 4) is 16.9 Å². The molecule has 32 heavy (non-hydrogen) atoms. The van der Waals surface area contributed by atoms with E-state index in [2.05, 4.69) is 26.1 Å². The van der Waals surface area contributed by atoms with Crippen molar-refractivity contribution in [1.29, 1.82) is 0 Å². The Bertz CT molecular complexity index is 1220. The number of nitrogens with zero attached hydrogens (tertiary/aromatic N) is 1. The Morgan fingerprint density at radius 1 is 1.22 bits per heavy atom. The summed E-state index contributed by atoms with van der Waals surface area (Å²) in [6.45, 7) is 15.1. The zero-order valence-corrected chi connectivity index (χ0v) is 20.5. The molecule has 0 spiro atoms. The first-order valence-corrected chi connectivity index (χ1v) is 11.6. The van der Waals surface area contributed by atoms with E-state index in [0.717, 1.165) is 50.5 Å². The van der Waals surface area contributed by atoms with Crippen LogP contribution in [0, 0.1) is 27.7 Å². The van der Waals surface area contributed by atoms with Crippen molar-refractivity contribution < 1.29 is 19.4 Å². The third-order valence-corrected chi connectivity index (χ3v) is 6.96. The lowest BCUT2D eigenvalue weighted by atomic mass is 9.88. The first-order valence-electron chi connectivity index (χ1n) is 10.8. The van der Waals surface area contributed by atoms with Crippen LogP contribution in [0.1, 0.15) is 54.1 Å². The van der Waals surface area contributed by atoms with Crippen molar-refractivity contribution in [2.24, 2.45) is 0 Å². The van der Waals surface area contributed by atoms with Crippen LogP contribution < -0.4 is 10.1 Å². The van der Waals surface area contributed by atoms with Crippen LogP contribution in [-0.2, 0) is 9.53 Å². The van der Waals surface area contributed by atoms with Crippen molar-refractivity contribution in [3.05, 3.63) is 39.4 Å². The Balaban J connectivity index is 2.11. The van der Waals surface area contributed by atoms with Crippen LogP contribution in [0.3, 0.4) is 0 Å². The molecule has 1 aliphatic heterocycles. The molecule has 170 valence electrons. The van der Waals surface area contributed by atoms with Gasteiger partial charge in [-0.25, -0.2) is 9.78 Å². The van der Waals surface area contributed by atoms with Gasteiger partial charge in [0.2, 0.25) is 0 Å². The summed E-state index contributed by atoms with van der Waals surface area (Å²) >= 11 is 1.64. The van der Waals surface area contributed by atoms with E-state index in [1.807, 2.05) is 39.8 Å². The minimum atomic E-state index is -1.14. The maximum absolute atomic E-state index is 12.5. The van der Waals surface area contributed by atoms with E-state index in [9.17, 15) is 9.90 Å². The smallest absolute Gasteiger partial charge is 0.337 e. The maximum atomic E-state index is 12.5. The monoisotopic (exact) mass is 454 g/mol. The molecule has 1 aliphatic rings. The standard InChI is InChI=1S/C25H30N2O4S/c1-12-15(4)32-23-18(12)20(16-8-9-17-21(13(16)2)26-10-11-30-17)19(14(3)27-23)22(24(28)29)31-25(5,6)7/h8-9,22,26H,10-11H2,1-7H3,(H,28,29)/t22-/m0/s1. The number of anilines is 1. The highest BCUT2D eigenvalue weighted by atomic mass is 32.1. The van der Waals surface area contributed by atoms with Crippen molar-refractivity contribution in [2.75, 3.05) is 18.5 Å². The van der Waals surface area contributed by atoms with Gasteiger partial charge in [0.1, 0.15) is 17.2 Å². The molecule has 2 aromatic heterocycles. The summed E-state index contributed by atoms with van der Waals surface area (Å²) in [6.07, 6.45) is -1.14. The predicted octanol–water partition coefficient (Wildman–Crippen LogP) is 5.94. The Hall–Kier alpha value is -2.64. The van der Waals surface area contributed by atoms with E-state index in [-0.39, 0.29) is 0 Å². The molecule has 0 radical (unpaired) electrons. The zero-order chi connectivity index (χ0) is 23.4. The largest absolute Gasteiger partial charge is 0.490 e. The van der Waals surface area contributed by atoms with Gasteiger partial charge in [-0.05, 0) is 71.2 Å². The number of carboxylic acids is 1. The van der Waals surface area contributed by atoms with Gasteiger partial charge in [-0.2, -0.15) is 0 Å². The van der Waals surface area contributed by atoms with Gasteiger partial charge in [-0.3, -0.25) is 0 Å². The molecule has 0 saturated heterocycles. The summed E-state index contributed by atoms with van der Waals surface area (Å²) in [5.41, 5.74) is 5.61. The van der Waals surface area contributed by atoms with Gasteiger partial charge < -0.3 is 19.9 Å². The third-order valence-electron chi connectivity index (χ3n) is 5.86. The summed E-state index contributed by atoms with van der Waals surface area (Å²) in [5.74, 6) is -0.202. The number of aliphatic carboxylic acids is 1. The lowest BCUT2D eigenvalue weighted by Crippen LogP contribution is -2.28. The SMILES string of the molecule is Cc1nc2sc(C)c(C)c2c(-c2ccc3c(c2C)NCCO3)c1[C@H](OC(C)(C)C)C(=O)O. The Labute approximate surface area is 192 Å².